The van der Waals surface area contributed by atoms with Gasteiger partial charge in [-0.2, -0.15) is 0 Å². The van der Waals surface area contributed by atoms with Gasteiger partial charge in [0.25, 0.3) is 5.91 Å². The van der Waals surface area contributed by atoms with Crippen LogP contribution in [0.2, 0.25) is 0 Å². The molecule has 1 aliphatic carbocycles. The summed E-state index contributed by atoms with van der Waals surface area (Å²) < 4.78 is 5.70. The normalized spacial score (nSPS) is 27.2. The number of amides is 1. The largest absolute Gasteiger partial charge is 0.480 e. The third-order valence-corrected chi connectivity index (χ3v) is 5.21. The Bertz CT molecular complexity index is 570. The third-order valence-electron chi connectivity index (χ3n) is 5.21. The highest BCUT2D eigenvalue weighted by Gasteiger charge is 2.50. The summed E-state index contributed by atoms with van der Waals surface area (Å²) in [6.07, 6.45) is 4.56. The Morgan fingerprint density at radius 3 is 2.68 bits per heavy atom. The van der Waals surface area contributed by atoms with Crippen LogP contribution in [0.3, 0.4) is 0 Å². The van der Waals surface area contributed by atoms with Gasteiger partial charge in [-0.15, -0.1) is 0 Å². The summed E-state index contributed by atoms with van der Waals surface area (Å²) in [5.41, 5.74) is 1.04. The van der Waals surface area contributed by atoms with Gasteiger partial charge in [0.05, 0.1) is 0 Å². The molecule has 1 aromatic rings. The van der Waals surface area contributed by atoms with E-state index in [9.17, 15) is 14.7 Å². The van der Waals surface area contributed by atoms with Crippen LogP contribution in [0.25, 0.3) is 0 Å². The molecule has 1 saturated heterocycles. The quantitative estimate of drug-likeness (QED) is 0.928. The van der Waals surface area contributed by atoms with Crippen molar-refractivity contribution < 1.29 is 19.1 Å². The highest BCUT2D eigenvalue weighted by Crippen LogP contribution is 2.42. The summed E-state index contributed by atoms with van der Waals surface area (Å²) in [4.78, 5) is 25.9. The molecular formula is C17H23NO4. The number of hydrogen-bond acceptors (Lipinski definition) is 3. The van der Waals surface area contributed by atoms with Crippen molar-refractivity contribution in [3.05, 3.63) is 23.2 Å². The van der Waals surface area contributed by atoms with Crippen LogP contribution in [0.15, 0.2) is 10.5 Å². The average Bonchev–Trinajstić information content (AvgIpc) is 3.18. The van der Waals surface area contributed by atoms with E-state index < -0.39 is 12.0 Å². The van der Waals surface area contributed by atoms with E-state index in [4.69, 9.17) is 4.42 Å². The molecule has 5 heteroatoms. The van der Waals surface area contributed by atoms with Crippen molar-refractivity contribution in [2.24, 2.45) is 11.8 Å². The number of furan rings is 1. The fourth-order valence-electron chi connectivity index (χ4n) is 4.14. The Morgan fingerprint density at radius 2 is 2.09 bits per heavy atom. The van der Waals surface area contributed by atoms with E-state index in [2.05, 4.69) is 0 Å². The summed E-state index contributed by atoms with van der Waals surface area (Å²) in [5, 5.41) is 9.55. The lowest BCUT2D eigenvalue weighted by molar-refractivity contribution is -0.142. The summed E-state index contributed by atoms with van der Waals surface area (Å²) in [6.45, 7) is 4.56. The predicted octanol–water partition coefficient (Wildman–Crippen LogP) is 2.73. The molecule has 0 spiro atoms. The van der Waals surface area contributed by atoms with Crippen molar-refractivity contribution in [2.75, 3.05) is 6.54 Å². The molecular weight excluding hydrogens is 282 g/mol. The van der Waals surface area contributed by atoms with Crippen LogP contribution in [0, 0.1) is 11.8 Å². The number of carboxylic acids is 1. The van der Waals surface area contributed by atoms with Gasteiger partial charge < -0.3 is 14.4 Å². The number of aliphatic carboxylic acids is 1. The fourth-order valence-corrected chi connectivity index (χ4v) is 4.14. The zero-order valence-corrected chi connectivity index (χ0v) is 13.2. The molecule has 1 amide bonds. The number of carbonyl (C=O) groups is 2. The summed E-state index contributed by atoms with van der Waals surface area (Å²) in [7, 11) is 0. The molecule has 22 heavy (non-hydrogen) atoms. The van der Waals surface area contributed by atoms with Gasteiger partial charge in [-0.05, 0) is 42.7 Å². The zero-order chi connectivity index (χ0) is 15.9. The van der Waals surface area contributed by atoms with Gasteiger partial charge >= 0.3 is 5.97 Å². The maximum absolute atomic E-state index is 12.8. The van der Waals surface area contributed by atoms with Crippen LogP contribution in [0.5, 0.6) is 0 Å². The molecule has 2 aliphatic rings. The van der Waals surface area contributed by atoms with Gasteiger partial charge in [0.1, 0.15) is 11.8 Å². The predicted molar refractivity (Wildman–Crippen MR) is 80.8 cm³/mol. The first kappa shape index (κ1) is 15.1. The van der Waals surface area contributed by atoms with Crippen molar-refractivity contribution >= 4 is 11.9 Å². The second-order valence-corrected chi connectivity index (χ2v) is 6.36. The first-order valence-electron chi connectivity index (χ1n) is 8.22. The minimum absolute atomic E-state index is 0.104. The Balaban J connectivity index is 1.88. The van der Waals surface area contributed by atoms with Crippen LogP contribution >= 0.6 is 0 Å². The number of nitrogens with zero attached hydrogens (tertiary/aromatic N) is 1. The van der Waals surface area contributed by atoms with Gasteiger partial charge in [0.15, 0.2) is 5.76 Å². The molecule has 2 heterocycles. The Morgan fingerprint density at radius 1 is 1.32 bits per heavy atom. The molecule has 0 radical (unpaired) electrons. The van der Waals surface area contributed by atoms with Gasteiger partial charge in [0.2, 0.25) is 0 Å². The maximum atomic E-state index is 12.8. The van der Waals surface area contributed by atoms with E-state index in [1.807, 2.05) is 13.8 Å². The van der Waals surface area contributed by atoms with E-state index in [1.54, 1.807) is 6.07 Å². The van der Waals surface area contributed by atoms with Crippen molar-refractivity contribution in [3.8, 4) is 0 Å². The van der Waals surface area contributed by atoms with Gasteiger partial charge in [-0.25, -0.2) is 4.79 Å². The van der Waals surface area contributed by atoms with Gasteiger partial charge in [0, 0.05) is 13.0 Å². The maximum Gasteiger partial charge on any atom is 0.326 e. The van der Waals surface area contributed by atoms with Crippen LogP contribution in [-0.2, 0) is 17.6 Å². The van der Waals surface area contributed by atoms with Crippen molar-refractivity contribution in [1.29, 1.82) is 0 Å². The molecule has 0 bridgehead atoms. The lowest BCUT2D eigenvalue weighted by Crippen LogP contribution is -2.43. The number of carboxylic acid groups (broad SMARTS) is 1. The first-order chi connectivity index (χ1) is 10.6. The smallest absolute Gasteiger partial charge is 0.326 e. The van der Waals surface area contributed by atoms with Crippen LogP contribution in [0.4, 0.5) is 0 Å². The minimum atomic E-state index is -0.888. The molecule has 2 fully saturated rings. The molecule has 1 aromatic heterocycles. The van der Waals surface area contributed by atoms with Crippen molar-refractivity contribution in [3.63, 3.8) is 0 Å². The molecule has 1 N–H and O–H groups in total. The lowest BCUT2D eigenvalue weighted by atomic mass is 9.94. The van der Waals surface area contributed by atoms with Crippen LogP contribution < -0.4 is 0 Å². The standard InChI is InChI=1S/C17H23NO4/c1-3-10-8-14(22-13(10)4-2)16(19)18-9-11-6-5-7-12(11)15(18)17(20)21/h8,11-12,15H,3-7,9H2,1-2H3,(H,20,21)/t11-,12+,15+/m0/s1. The number of carbonyl (C=O) groups excluding carboxylic acids is 1. The molecule has 5 nitrogen and oxygen atoms in total. The van der Waals surface area contributed by atoms with E-state index in [-0.39, 0.29) is 11.8 Å². The summed E-state index contributed by atoms with van der Waals surface area (Å²) in [6, 6.07) is 1.09. The monoisotopic (exact) mass is 305 g/mol. The van der Waals surface area contributed by atoms with Crippen LogP contribution in [0.1, 0.15) is 55.0 Å². The summed E-state index contributed by atoms with van der Waals surface area (Å²) >= 11 is 0. The third kappa shape index (κ3) is 2.32. The van der Waals surface area contributed by atoms with Gasteiger partial charge in [-0.1, -0.05) is 20.3 Å². The average molecular weight is 305 g/mol. The number of hydrogen-bond donors (Lipinski definition) is 1. The molecule has 3 atom stereocenters. The SMILES string of the molecule is CCc1cc(C(=O)N2C[C@@H]3CCC[C@H]3[C@@H]2C(=O)O)oc1CC. The number of fused-ring (bicyclic) bond motifs is 1. The Hall–Kier alpha value is -1.78. The van der Waals surface area contributed by atoms with E-state index in [0.29, 0.717) is 18.2 Å². The molecule has 0 unspecified atom stereocenters. The fraction of sp³-hybridized carbons (Fsp3) is 0.647. The Labute approximate surface area is 130 Å². The van der Waals surface area contributed by atoms with Crippen molar-refractivity contribution in [2.45, 2.75) is 52.0 Å². The second-order valence-electron chi connectivity index (χ2n) is 6.36. The molecule has 1 saturated carbocycles. The van der Waals surface area contributed by atoms with E-state index >= 15 is 0 Å². The first-order valence-corrected chi connectivity index (χ1v) is 8.22. The van der Waals surface area contributed by atoms with E-state index in [1.165, 1.54) is 4.90 Å². The van der Waals surface area contributed by atoms with Crippen LogP contribution in [-0.4, -0.2) is 34.5 Å². The zero-order valence-electron chi connectivity index (χ0n) is 13.2. The highest BCUT2D eigenvalue weighted by molar-refractivity contribution is 5.95. The molecule has 0 aromatic carbocycles. The summed E-state index contributed by atoms with van der Waals surface area (Å²) in [5.74, 6) is 0.401. The Kier molecular flexibility index (Phi) is 3.98. The van der Waals surface area contributed by atoms with Gasteiger partial charge in [-0.3, -0.25) is 4.79 Å². The molecule has 1 aliphatic heterocycles. The second kappa shape index (κ2) is 5.78. The molecule has 120 valence electrons. The van der Waals surface area contributed by atoms with Crippen molar-refractivity contribution in [1.82, 2.24) is 4.90 Å². The number of likely N-dealkylation sites (tertiary alicyclic amines) is 1. The highest BCUT2D eigenvalue weighted by atomic mass is 16.4. The van der Waals surface area contributed by atoms with E-state index in [0.717, 1.165) is 43.4 Å². The minimum Gasteiger partial charge on any atom is -0.480 e. The number of rotatable bonds is 4. The topological polar surface area (TPSA) is 70.8 Å². The number of aryl methyl sites for hydroxylation is 2. The lowest BCUT2D eigenvalue weighted by Gasteiger charge is -2.23. The molecule has 3 rings (SSSR count).